The molecule has 0 aromatic rings. The molecule has 12 heavy (non-hydrogen) atoms. The van der Waals surface area contributed by atoms with E-state index in [-0.39, 0.29) is 0 Å². The molecule has 0 rings (SSSR count). The van der Waals surface area contributed by atoms with Gasteiger partial charge in [0.25, 0.3) is 0 Å². The zero-order valence-electron chi connectivity index (χ0n) is 8.42. The normalized spacial score (nSPS) is 13.8. The molecule has 0 radical (unpaired) electrons. The van der Waals surface area contributed by atoms with Crippen molar-refractivity contribution in [3.63, 3.8) is 0 Å². The van der Waals surface area contributed by atoms with Crippen LogP contribution in [-0.4, -0.2) is 48.3 Å². The second-order valence-corrected chi connectivity index (χ2v) is 3.99. The fourth-order valence-electron chi connectivity index (χ4n) is 1.25. The molecular formula is C9H21NOS. The average molecular weight is 191 g/mol. The third-order valence-corrected chi connectivity index (χ3v) is 2.84. The third-order valence-electron chi connectivity index (χ3n) is 2.12. The standard InChI is InChI=1S/C9H21NOS/c1-4-9(8-12-3)10(2)6-5-7-11/h9,11H,4-8H2,1-3H3. The predicted molar refractivity (Wildman–Crippen MR) is 56.8 cm³/mol. The highest BCUT2D eigenvalue weighted by Gasteiger charge is 2.10. The van der Waals surface area contributed by atoms with Crippen LogP contribution in [0.25, 0.3) is 0 Å². The summed E-state index contributed by atoms with van der Waals surface area (Å²) in [6, 6.07) is 0.673. The van der Waals surface area contributed by atoms with Crippen molar-refractivity contribution >= 4 is 11.8 Å². The number of rotatable bonds is 7. The van der Waals surface area contributed by atoms with Gasteiger partial charge < -0.3 is 10.0 Å². The van der Waals surface area contributed by atoms with Gasteiger partial charge in [-0.3, -0.25) is 0 Å². The molecule has 0 fully saturated rings. The Morgan fingerprint density at radius 2 is 2.17 bits per heavy atom. The first kappa shape index (κ1) is 12.3. The lowest BCUT2D eigenvalue weighted by atomic mass is 10.2. The van der Waals surface area contributed by atoms with Gasteiger partial charge >= 0.3 is 0 Å². The summed E-state index contributed by atoms with van der Waals surface area (Å²) >= 11 is 1.89. The van der Waals surface area contributed by atoms with E-state index in [1.807, 2.05) is 11.8 Å². The predicted octanol–water partition coefficient (Wildman–Crippen LogP) is 1.44. The molecule has 0 aliphatic heterocycles. The van der Waals surface area contributed by atoms with Crippen molar-refractivity contribution < 1.29 is 5.11 Å². The molecule has 0 amide bonds. The molecule has 0 bridgehead atoms. The lowest BCUT2D eigenvalue weighted by molar-refractivity contribution is 0.214. The second-order valence-electron chi connectivity index (χ2n) is 3.08. The summed E-state index contributed by atoms with van der Waals surface area (Å²) < 4.78 is 0. The molecule has 0 aromatic heterocycles. The molecule has 0 saturated carbocycles. The molecule has 1 atom stereocenters. The van der Waals surface area contributed by atoms with E-state index in [1.165, 1.54) is 12.2 Å². The van der Waals surface area contributed by atoms with Crippen molar-refractivity contribution in [3.8, 4) is 0 Å². The molecule has 0 spiro atoms. The summed E-state index contributed by atoms with van der Waals surface area (Å²) in [5.41, 5.74) is 0. The maximum absolute atomic E-state index is 8.67. The van der Waals surface area contributed by atoms with Crippen molar-refractivity contribution in [3.05, 3.63) is 0 Å². The Labute approximate surface area is 80.3 Å². The summed E-state index contributed by atoms with van der Waals surface area (Å²) in [4.78, 5) is 2.34. The van der Waals surface area contributed by atoms with Crippen LogP contribution in [0.3, 0.4) is 0 Å². The van der Waals surface area contributed by atoms with Crippen LogP contribution in [0.2, 0.25) is 0 Å². The lowest BCUT2D eigenvalue weighted by Crippen LogP contribution is -2.34. The largest absolute Gasteiger partial charge is 0.396 e. The van der Waals surface area contributed by atoms with Gasteiger partial charge in [-0.15, -0.1) is 0 Å². The van der Waals surface area contributed by atoms with E-state index in [9.17, 15) is 0 Å². The topological polar surface area (TPSA) is 23.5 Å². The molecule has 2 nitrogen and oxygen atoms in total. The number of aliphatic hydroxyl groups is 1. The highest BCUT2D eigenvalue weighted by atomic mass is 32.2. The van der Waals surface area contributed by atoms with Gasteiger partial charge in [0.2, 0.25) is 0 Å². The molecule has 0 aliphatic carbocycles. The Bertz CT molecular complexity index is 101. The quantitative estimate of drug-likeness (QED) is 0.659. The molecule has 0 saturated heterocycles. The van der Waals surface area contributed by atoms with Crippen LogP contribution in [0.5, 0.6) is 0 Å². The maximum Gasteiger partial charge on any atom is 0.0443 e. The highest BCUT2D eigenvalue weighted by Crippen LogP contribution is 2.08. The molecule has 3 heteroatoms. The summed E-state index contributed by atoms with van der Waals surface area (Å²) in [7, 11) is 2.14. The van der Waals surface area contributed by atoms with E-state index in [4.69, 9.17) is 5.11 Å². The Kier molecular flexibility index (Phi) is 8.07. The minimum Gasteiger partial charge on any atom is -0.396 e. The Morgan fingerprint density at radius 1 is 1.50 bits per heavy atom. The molecular weight excluding hydrogens is 170 g/mol. The smallest absolute Gasteiger partial charge is 0.0443 e. The van der Waals surface area contributed by atoms with Crippen LogP contribution < -0.4 is 0 Å². The summed E-state index contributed by atoms with van der Waals surface area (Å²) in [5.74, 6) is 1.19. The van der Waals surface area contributed by atoms with Gasteiger partial charge in [0, 0.05) is 24.9 Å². The first-order valence-corrected chi connectivity index (χ1v) is 5.95. The third kappa shape index (κ3) is 5.01. The van der Waals surface area contributed by atoms with Crippen LogP contribution in [0.1, 0.15) is 19.8 Å². The van der Waals surface area contributed by atoms with Crippen LogP contribution in [-0.2, 0) is 0 Å². The van der Waals surface area contributed by atoms with E-state index in [0.717, 1.165) is 13.0 Å². The van der Waals surface area contributed by atoms with Crippen LogP contribution >= 0.6 is 11.8 Å². The molecule has 1 unspecified atom stereocenters. The Hall–Kier alpha value is 0.270. The number of thioether (sulfide) groups is 1. The lowest BCUT2D eigenvalue weighted by Gasteiger charge is -2.26. The summed E-state index contributed by atoms with van der Waals surface area (Å²) in [6.07, 6.45) is 4.23. The minimum atomic E-state index is 0.306. The fraction of sp³-hybridized carbons (Fsp3) is 1.00. The van der Waals surface area contributed by atoms with Crippen molar-refractivity contribution in [2.24, 2.45) is 0 Å². The minimum absolute atomic E-state index is 0.306. The van der Waals surface area contributed by atoms with Gasteiger partial charge in [0.1, 0.15) is 0 Å². The molecule has 0 aromatic carbocycles. The van der Waals surface area contributed by atoms with Gasteiger partial charge in [-0.25, -0.2) is 0 Å². The van der Waals surface area contributed by atoms with Crippen LogP contribution in [0.4, 0.5) is 0 Å². The SMILES string of the molecule is CCC(CSC)N(C)CCCO. The zero-order valence-corrected chi connectivity index (χ0v) is 9.23. The number of aliphatic hydroxyl groups excluding tert-OH is 1. The van der Waals surface area contributed by atoms with E-state index in [0.29, 0.717) is 12.6 Å². The zero-order chi connectivity index (χ0) is 9.40. The Balaban J connectivity index is 3.60. The van der Waals surface area contributed by atoms with Gasteiger partial charge in [0.05, 0.1) is 0 Å². The fourth-order valence-corrected chi connectivity index (χ4v) is 2.13. The summed E-state index contributed by atoms with van der Waals surface area (Å²) in [6.45, 7) is 3.53. The molecule has 74 valence electrons. The van der Waals surface area contributed by atoms with Gasteiger partial charge in [-0.2, -0.15) is 11.8 Å². The Morgan fingerprint density at radius 3 is 2.58 bits per heavy atom. The molecule has 0 aliphatic rings. The van der Waals surface area contributed by atoms with Crippen molar-refractivity contribution in [2.45, 2.75) is 25.8 Å². The average Bonchev–Trinajstić information content (AvgIpc) is 2.10. The number of hydrogen-bond acceptors (Lipinski definition) is 3. The highest BCUT2D eigenvalue weighted by molar-refractivity contribution is 7.98. The van der Waals surface area contributed by atoms with Gasteiger partial charge in [-0.1, -0.05) is 6.92 Å². The van der Waals surface area contributed by atoms with Crippen LogP contribution in [0, 0.1) is 0 Å². The van der Waals surface area contributed by atoms with Crippen molar-refractivity contribution in [2.75, 3.05) is 32.2 Å². The molecule has 0 heterocycles. The van der Waals surface area contributed by atoms with Crippen LogP contribution in [0.15, 0.2) is 0 Å². The van der Waals surface area contributed by atoms with E-state index in [1.54, 1.807) is 0 Å². The van der Waals surface area contributed by atoms with Gasteiger partial charge in [0.15, 0.2) is 0 Å². The monoisotopic (exact) mass is 191 g/mol. The van der Waals surface area contributed by atoms with E-state index < -0.39 is 0 Å². The van der Waals surface area contributed by atoms with Gasteiger partial charge in [-0.05, 0) is 26.1 Å². The van der Waals surface area contributed by atoms with Crippen molar-refractivity contribution in [1.82, 2.24) is 4.90 Å². The second kappa shape index (κ2) is 7.90. The first-order chi connectivity index (χ1) is 5.76. The first-order valence-electron chi connectivity index (χ1n) is 4.56. The van der Waals surface area contributed by atoms with E-state index >= 15 is 0 Å². The van der Waals surface area contributed by atoms with Crippen molar-refractivity contribution in [1.29, 1.82) is 0 Å². The number of nitrogens with zero attached hydrogens (tertiary/aromatic N) is 1. The number of hydrogen-bond donors (Lipinski definition) is 1. The maximum atomic E-state index is 8.67. The molecule has 1 N–H and O–H groups in total. The van der Waals surface area contributed by atoms with E-state index in [2.05, 4.69) is 25.1 Å². The summed E-state index contributed by atoms with van der Waals surface area (Å²) in [5, 5.41) is 8.67.